The Kier molecular flexibility index (Phi) is 3.11. The summed E-state index contributed by atoms with van der Waals surface area (Å²) in [5.41, 5.74) is 1.08. The summed E-state index contributed by atoms with van der Waals surface area (Å²) >= 11 is 0. The smallest absolute Gasteiger partial charge is 0.140 e. The first-order valence-corrected chi connectivity index (χ1v) is 6.44. The maximum absolute atomic E-state index is 9.45. The van der Waals surface area contributed by atoms with E-state index in [4.69, 9.17) is 0 Å². The third kappa shape index (κ3) is 1.93. The lowest BCUT2D eigenvalue weighted by Gasteiger charge is -2.21. The SMILES string of the molecule is OC[C@@H]1CCC[C@@H]1n1ccnc1-c1ccncc1. The maximum atomic E-state index is 9.45. The summed E-state index contributed by atoms with van der Waals surface area (Å²) in [4.78, 5) is 8.49. The second-order valence-corrected chi connectivity index (χ2v) is 4.83. The zero-order chi connectivity index (χ0) is 12.4. The molecule has 0 amide bonds. The molecule has 18 heavy (non-hydrogen) atoms. The van der Waals surface area contributed by atoms with Crippen molar-refractivity contribution in [2.75, 3.05) is 6.61 Å². The van der Waals surface area contributed by atoms with Gasteiger partial charge >= 0.3 is 0 Å². The average molecular weight is 243 g/mol. The molecule has 3 rings (SSSR count). The summed E-state index contributed by atoms with van der Waals surface area (Å²) in [7, 11) is 0. The van der Waals surface area contributed by atoms with E-state index >= 15 is 0 Å². The molecule has 2 heterocycles. The van der Waals surface area contributed by atoms with Crippen LogP contribution in [-0.4, -0.2) is 26.2 Å². The summed E-state index contributed by atoms with van der Waals surface area (Å²) in [6.45, 7) is 0.263. The molecule has 1 aliphatic carbocycles. The standard InChI is InChI=1S/C14H17N3O/c18-10-12-2-1-3-13(12)17-9-8-16-14(17)11-4-6-15-7-5-11/h4-9,12-13,18H,1-3,10H2/t12-,13-/m0/s1. The molecule has 2 aromatic heterocycles. The number of aliphatic hydroxyl groups is 1. The van der Waals surface area contributed by atoms with E-state index in [0.29, 0.717) is 12.0 Å². The molecule has 0 bridgehead atoms. The minimum atomic E-state index is 0.263. The lowest BCUT2D eigenvalue weighted by Crippen LogP contribution is -2.17. The van der Waals surface area contributed by atoms with Crippen molar-refractivity contribution in [2.45, 2.75) is 25.3 Å². The molecule has 0 spiro atoms. The van der Waals surface area contributed by atoms with E-state index in [1.165, 1.54) is 6.42 Å². The quantitative estimate of drug-likeness (QED) is 0.899. The van der Waals surface area contributed by atoms with E-state index in [2.05, 4.69) is 14.5 Å². The van der Waals surface area contributed by atoms with Gasteiger partial charge in [-0.05, 0) is 25.0 Å². The van der Waals surface area contributed by atoms with E-state index in [9.17, 15) is 5.11 Å². The van der Waals surface area contributed by atoms with E-state index in [1.54, 1.807) is 12.4 Å². The van der Waals surface area contributed by atoms with Crippen LogP contribution in [0, 0.1) is 5.92 Å². The molecule has 0 aliphatic heterocycles. The van der Waals surface area contributed by atoms with Gasteiger partial charge in [-0.2, -0.15) is 0 Å². The van der Waals surface area contributed by atoms with E-state index in [1.807, 2.05) is 24.5 Å². The van der Waals surface area contributed by atoms with Crippen molar-refractivity contribution < 1.29 is 5.11 Å². The minimum Gasteiger partial charge on any atom is -0.396 e. The summed E-state index contributed by atoms with van der Waals surface area (Å²) in [6.07, 6.45) is 10.8. The first-order chi connectivity index (χ1) is 8.90. The second kappa shape index (κ2) is 4.90. The molecule has 1 saturated carbocycles. The van der Waals surface area contributed by atoms with Gasteiger partial charge in [0.05, 0.1) is 0 Å². The molecule has 0 aromatic carbocycles. The summed E-state index contributed by atoms with van der Waals surface area (Å²) in [5, 5.41) is 9.45. The predicted molar refractivity (Wildman–Crippen MR) is 68.9 cm³/mol. The Morgan fingerprint density at radius 1 is 1.22 bits per heavy atom. The van der Waals surface area contributed by atoms with Crippen molar-refractivity contribution in [3.63, 3.8) is 0 Å². The lowest BCUT2D eigenvalue weighted by atomic mass is 10.0. The lowest BCUT2D eigenvalue weighted by molar-refractivity contribution is 0.196. The topological polar surface area (TPSA) is 50.9 Å². The molecule has 4 heteroatoms. The first-order valence-electron chi connectivity index (χ1n) is 6.44. The van der Waals surface area contributed by atoms with Crippen molar-refractivity contribution >= 4 is 0 Å². The Hall–Kier alpha value is -1.68. The molecule has 1 N–H and O–H groups in total. The number of pyridine rings is 1. The van der Waals surface area contributed by atoms with Crippen LogP contribution in [0.5, 0.6) is 0 Å². The number of hydrogen-bond acceptors (Lipinski definition) is 3. The van der Waals surface area contributed by atoms with Gasteiger partial charge in [0.2, 0.25) is 0 Å². The largest absolute Gasteiger partial charge is 0.396 e. The number of nitrogens with zero attached hydrogens (tertiary/aromatic N) is 3. The van der Waals surface area contributed by atoms with Crippen LogP contribution in [0.1, 0.15) is 25.3 Å². The number of rotatable bonds is 3. The van der Waals surface area contributed by atoms with Crippen LogP contribution in [-0.2, 0) is 0 Å². The van der Waals surface area contributed by atoms with Crippen LogP contribution in [0.4, 0.5) is 0 Å². The predicted octanol–water partition coefficient (Wildman–Crippen LogP) is 2.28. The molecular formula is C14H17N3O. The Morgan fingerprint density at radius 2 is 2.06 bits per heavy atom. The molecule has 94 valence electrons. The van der Waals surface area contributed by atoms with Gasteiger partial charge in [-0.1, -0.05) is 6.42 Å². The Labute approximate surface area is 106 Å². The first kappa shape index (κ1) is 11.4. The van der Waals surface area contributed by atoms with Crippen LogP contribution < -0.4 is 0 Å². The van der Waals surface area contributed by atoms with Gasteiger partial charge in [0.25, 0.3) is 0 Å². The van der Waals surface area contributed by atoms with E-state index in [0.717, 1.165) is 24.2 Å². The summed E-state index contributed by atoms with van der Waals surface area (Å²) in [5.74, 6) is 1.34. The highest BCUT2D eigenvalue weighted by Gasteiger charge is 2.29. The van der Waals surface area contributed by atoms with Crippen molar-refractivity contribution in [3.05, 3.63) is 36.9 Å². The maximum Gasteiger partial charge on any atom is 0.140 e. The summed E-state index contributed by atoms with van der Waals surface area (Å²) < 4.78 is 2.21. The molecule has 1 fully saturated rings. The molecule has 0 radical (unpaired) electrons. The third-order valence-corrected chi connectivity index (χ3v) is 3.82. The van der Waals surface area contributed by atoms with E-state index < -0.39 is 0 Å². The Bertz CT molecular complexity index is 509. The van der Waals surface area contributed by atoms with Crippen molar-refractivity contribution in [1.82, 2.24) is 14.5 Å². The fourth-order valence-electron chi connectivity index (χ4n) is 2.90. The van der Waals surface area contributed by atoms with Gasteiger partial charge < -0.3 is 9.67 Å². The zero-order valence-corrected chi connectivity index (χ0v) is 10.2. The Balaban J connectivity index is 1.97. The third-order valence-electron chi connectivity index (χ3n) is 3.82. The van der Waals surface area contributed by atoms with Crippen molar-refractivity contribution in [2.24, 2.45) is 5.92 Å². The van der Waals surface area contributed by atoms with Crippen LogP contribution in [0.2, 0.25) is 0 Å². The van der Waals surface area contributed by atoms with Crippen LogP contribution >= 0.6 is 0 Å². The molecule has 2 aromatic rings. The molecule has 0 unspecified atom stereocenters. The zero-order valence-electron chi connectivity index (χ0n) is 10.2. The highest BCUT2D eigenvalue weighted by Crippen LogP contribution is 2.37. The molecule has 2 atom stereocenters. The van der Waals surface area contributed by atoms with E-state index in [-0.39, 0.29) is 6.61 Å². The normalized spacial score (nSPS) is 23.4. The van der Waals surface area contributed by atoms with Gasteiger partial charge in [-0.25, -0.2) is 4.98 Å². The minimum absolute atomic E-state index is 0.263. The van der Waals surface area contributed by atoms with Gasteiger partial charge in [0.1, 0.15) is 5.82 Å². The summed E-state index contributed by atoms with van der Waals surface area (Å²) in [6, 6.07) is 4.32. The van der Waals surface area contributed by atoms with Crippen LogP contribution in [0.25, 0.3) is 11.4 Å². The molecule has 4 nitrogen and oxygen atoms in total. The number of aromatic nitrogens is 3. The van der Waals surface area contributed by atoms with Gasteiger partial charge in [-0.3, -0.25) is 4.98 Å². The van der Waals surface area contributed by atoms with Gasteiger partial charge in [-0.15, -0.1) is 0 Å². The second-order valence-electron chi connectivity index (χ2n) is 4.83. The molecular weight excluding hydrogens is 226 g/mol. The molecule has 1 aliphatic rings. The monoisotopic (exact) mass is 243 g/mol. The average Bonchev–Trinajstić information content (AvgIpc) is 3.07. The highest BCUT2D eigenvalue weighted by atomic mass is 16.3. The van der Waals surface area contributed by atoms with Crippen LogP contribution in [0.3, 0.4) is 0 Å². The van der Waals surface area contributed by atoms with Crippen molar-refractivity contribution in [1.29, 1.82) is 0 Å². The van der Waals surface area contributed by atoms with Gasteiger partial charge in [0, 0.05) is 48.9 Å². The fraction of sp³-hybridized carbons (Fsp3) is 0.429. The van der Waals surface area contributed by atoms with Crippen molar-refractivity contribution in [3.8, 4) is 11.4 Å². The molecule has 0 saturated heterocycles. The van der Waals surface area contributed by atoms with Crippen LogP contribution in [0.15, 0.2) is 36.9 Å². The Morgan fingerprint density at radius 3 is 2.83 bits per heavy atom. The fourth-order valence-corrected chi connectivity index (χ4v) is 2.90. The number of imidazole rings is 1. The number of hydrogen-bond donors (Lipinski definition) is 1. The van der Waals surface area contributed by atoms with Gasteiger partial charge in [0.15, 0.2) is 0 Å². The number of aliphatic hydroxyl groups excluding tert-OH is 1. The highest BCUT2D eigenvalue weighted by molar-refractivity contribution is 5.54.